The molecule has 2 aromatic rings. The Morgan fingerprint density at radius 1 is 1.31 bits per heavy atom. The number of carbonyl (C=O) groups excluding carboxylic acids is 3. The lowest BCUT2D eigenvalue weighted by molar-refractivity contribution is -0.129. The minimum atomic E-state index is -1.02. The number of carbonyl (C=O) groups is 3. The standard InChI is InChI=1S/C23H24ClN3O5/c1-14(2)15-6-4-5-7-16(15)23(12-27(13-23)10-18(29)19(30)11-28)22(31)26-17-9-25-21(24)8-20(17)32-3/h4-11,14,29H,12-13H2,1-3H3,(H,26,31). The van der Waals surface area contributed by atoms with Crippen LogP contribution in [-0.2, 0) is 19.8 Å². The second-order valence-corrected chi connectivity index (χ2v) is 8.27. The molecule has 168 valence electrons. The zero-order chi connectivity index (χ0) is 23.5. The molecule has 2 heterocycles. The summed E-state index contributed by atoms with van der Waals surface area (Å²) < 4.78 is 5.31. The Bertz CT molecular complexity index is 1080. The number of hydrogen-bond donors (Lipinski definition) is 2. The maximum atomic E-state index is 13.6. The van der Waals surface area contributed by atoms with E-state index >= 15 is 0 Å². The lowest BCUT2D eigenvalue weighted by Gasteiger charge is -2.49. The molecule has 1 aromatic carbocycles. The molecule has 0 unspecified atom stereocenters. The highest BCUT2D eigenvalue weighted by Gasteiger charge is 2.51. The van der Waals surface area contributed by atoms with Crippen molar-refractivity contribution in [2.24, 2.45) is 0 Å². The minimum Gasteiger partial charge on any atom is -0.503 e. The number of ketones is 1. The first kappa shape index (κ1) is 23.3. The zero-order valence-corrected chi connectivity index (χ0v) is 18.7. The van der Waals surface area contributed by atoms with Crippen molar-refractivity contribution >= 4 is 35.3 Å². The molecule has 0 spiro atoms. The fourth-order valence-electron chi connectivity index (χ4n) is 3.83. The van der Waals surface area contributed by atoms with Gasteiger partial charge in [-0.2, -0.15) is 0 Å². The van der Waals surface area contributed by atoms with E-state index in [0.717, 1.165) is 11.1 Å². The number of anilines is 1. The van der Waals surface area contributed by atoms with E-state index in [1.807, 2.05) is 38.1 Å². The van der Waals surface area contributed by atoms with Gasteiger partial charge in [0.25, 0.3) is 5.78 Å². The van der Waals surface area contributed by atoms with Crippen LogP contribution in [0.4, 0.5) is 5.69 Å². The third-order valence-electron chi connectivity index (χ3n) is 5.44. The molecule has 1 amide bonds. The summed E-state index contributed by atoms with van der Waals surface area (Å²) in [6.45, 7) is 4.48. The van der Waals surface area contributed by atoms with E-state index in [0.29, 0.717) is 11.4 Å². The fraction of sp³-hybridized carbons (Fsp3) is 0.304. The van der Waals surface area contributed by atoms with Crippen LogP contribution >= 0.6 is 11.6 Å². The van der Waals surface area contributed by atoms with Crippen LogP contribution in [-0.4, -0.2) is 53.2 Å². The highest BCUT2D eigenvalue weighted by molar-refractivity contribution is 6.32. The van der Waals surface area contributed by atoms with E-state index in [1.54, 1.807) is 4.90 Å². The van der Waals surface area contributed by atoms with Gasteiger partial charge >= 0.3 is 0 Å². The second kappa shape index (κ2) is 9.40. The van der Waals surface area contributed by atoms with Gasteiger partial charge in [-0.05, 0) is 17.0 Å². The number of hydrogen-bond acceptors (Lipinski definition) is 7. The SMILES string of the molecule is COc1cc(Cl)ncc1NC(=O)C1(c2ccccc2C(C)C)CN(C=C(O)C(=O)C=O)C1. The first-order chi connectivity index (χ1) is 15.2. The van der Waals surface area contributed by atoms with Crippen LogP contribution < -0.4 is 10.1 Å². The largest absolute Gasteiger partial charge is 0.503 e. The summed E-state index contributed by atoms with van der Waals surface area (Å²) in [6.07, 6.45) is 2.65. The molecule has 3 rings (SSSR count). The van der Waals surface area contributed by atoms with Gasteiger partial charge in [-0.1, -0.05) is 49.7 Å². The van der Waals surface area contributed by atoms with Crippen LogP contribution in [0.15, 0.2) is 48.5 Å². The molecule has 1 fully saturated rings. The number of likely N-dealkylation sites (tertiary alicyclic amines) is 1. The van der Waals surface area contributed by atoms with Gasteiger partial charge in [-0.15, -0.1) is 0 Å². The van der Waals surface area contributed by atoms with E-state index in [2.05, 4.69) is 10.3 Å². The molecule has 0 bridgehead atoms. The van der Waals surface area contributed by atoms with E-state index in [1.165, 1.54) is 25.6 Å². The third kappa shape index (κ3) is 4.45. The summed E-state index contributed by atoms with van der Waals surface area (Å²) >= 11 is 5.92. The Labute approximate surface area is 190 Å². The molecule has 1 aliphatic heterocycles. The Morgan fingerprint density at radius 2 is 2.00 bits per heavy atom. The Hall–Kier alpha value is -3.39. The minimum absolute atomic E-state index is 0.0411. The zero-order valence-electron chi connectivity index (χ0n) is 18.0. The molecule has 0 saturated carbocycles. The first-order valence-corrected chi connectivity index (χ1v) is 10.3. The summed E-state index contributed by atoms with van der Waals surface area (Å²) in [4.78, 5) is 41.3. The van der Waals surface area contributed by atoms with E-state index in [4.69, 9.17) is 16.3 Å². The number of nitrogens with zero attached hydrogens (tertiary/aromatic N) is 2. The van der Waals surface area contributed by atoms with Crippen molar-refractivity contribution in [1.29, 1.82) is 0 Å². The first-order valence-electron chi connectivity index (χ1n) is 9.96. The van der Waals surface area contributed by atoms with Crippen LogP contribution in [0.2, 0.25) is 5.15 Å². The average molecular weight is 458 g/mol. The quantitative estimate of drug-likeness (QED) is 0.206. The molecule has 8 nitrogen and oxygen atoms in total. The maximum Gasteiger partial charge on any atom is 0.261 e. The van der Waals surface area contributed by atoms with Gasteiger partial charge in [0.1, 0.15) is 22.0 Å². The van der Waals surface area contributed by atoms with Gasteiger partial charge < -0.3 is 20.1 Å². The number of nitrogens with one attached hydrogen (secondary N) is 1. The molecule has 0 atom stereocenters. The van der Waals surface area contributed by atoms with Crippen LogP contribution in [0.25, 0.3) is 0 Å². The van der Waals surface area contributed by atoms with E-state index < -0.39 is 17.0 Å². The third-order valence-corrected chi connectivity index (χ3v) is 5.65. The molecule has 32 heavy (non-hydrogen) atoms. The van der Waals surface area contributed by atoms with Gasteiger partial charge in [0.2, 0.25) is 5.91 Å². The number of ether oxygens (including phenoxy) is 1. The van der Waals surface area contributed by atoms with E-state index in [9.17, 15) is 19.5 Å². The molecule has 2 N–H and O–H groups in total. The molecule has 0 radical (unpaired) electrons. The van der Waals surface area contributed by atoms with Crippen LogP contribution in [0.3, 0.4) is 0 Å². The molecule has 1 aliphatic rings. The molecule has 1 aromatic heterocycles. The number of benzene rings is 1. The summed E-state index contributed by atoms with van der Waals surface area (Å²) in [5.41, 5.74) is 1.27. The number of halogens is 1. The maximum absolute atomic E-state index is 13.6. The second-order valence-electron chi connectivity index (χ2n) is 7.89. The summed E-state index contributed by atoms with van der Waals surface area (Å²) in [6, 6.07) is 9.17. The van der Waals surface area contributed by atoms with Crippen molar-refractivity contribution in [3.63, 3.8) is 0 Å². The molecule has 0 aliphatic carbocycles. The van der Waals surface area contributed by atoms with Crippen LogP contribution in [0.1, 0.15) is 30.9 Å². The highest BCUT2D eigenvalue weighted by Crippen LogP contribution is 2.41. The molecular weight excluding hydrogens is 434 g/mol. The Morgan fingerprint density at radius 3 is 2.62 bits per heavy atom. The predicted octanol–water partition coefficient (Wildman–Crippen LogP) is 3.23. The van der Waals surface area contributed by atoms with Crippen LogP contribution in [0.5, 0.6) is 5.75 Å². The summed E-state index contributed by atoms with van der Waals surface area (Å²) in [5.74, 6) is -1.45. The highest BCUT2D eigenvalue weighted by atomic mass is 35.5. The number of aromatic nitrogens is 1. The lowest BCUT2D eigenvalue weighted by atomic mass is 9.70. The van der Waals surface area contributed by atoms with Gasteiger partial charge in [-0.25, -0.2) is 4.98 Å². The summed E-state index contributed by atoms with van der Waals surface area (Å²) in [5, 5.41) is 12.9. The molecule has 9 heteroatoms. The van der Waals surface area contributed by atoms with Crippen molar-refractivity contribution in [1.82, 2.24) is 9.88 Å². The van der Waals surface area contributed by atoms with Gasteiger partial charge in [-0.3, -0.25) is 14.4 Å². The summed E-state index contributed by atoms with van der Waals surface area (Å²) in [7, 11) is 1.47. The van der Waals surface area contributed by atoms with E-state index in [-0.39, 0.29) is 36.4 Å². The van der Waals surface area contributed by atoms with Crippen molar-refractivity contribution < 1.29 is 24.2 Å². The van der Waals surface area contributed by atoms with Crippen molar-refractivity contribution in [3.8, 4) is 5.75 Å². The van der Waals surface area contributed by atoms with Gasteiger partial charge in [0.05, 0.1) is 13.3 Å². The number of amides is 1. The normalized spacial score (nSPS) is 15.2. The number of Topliss-reactive ketones (excluding diaryl/α,β-unsaturated/α-hetero) is 1. The number of aldehydes is 1. The van der Waals surface area contributed by atoms with Gasteiger partial charge in [0.15, 0.2) is 12.0 Å². The van der Waals surface area contributed by atoms with Crippen molar-refractivity contribution in [3.05, 3.63) is 64.8 Å². The molecular formula is C23H24ClN3O5. The number of aliphatic hydroxyl groups is 1. The van der Waals surface area contributed by atoms with Gasteiger partial charge in [0, 0.05) is 25.4 Å². The number of aliphatic hydroxyl groups excluding tert-OH is 1. The fourth-order valence-corrected chi connectivity index (χ4v) is 3.97. The lowest BCUT2D eigenvalue weighted by Crippen LogP contribution is -2.63. The Balaban J connectivity index is 1.99. The molecule has 1 saturated heterocycles. The monoisotopic (exact) mass is 457 g/mol. The number of rotatable bonds is 8. The average Bonchev–Trinajstić information content (AvgIpc) is 2.76. The number of methoxy groups -OCH3 is 1. The Kier molecular flexibility index (Phi) is 6.84. The van der Waals surface area contributed by atoms with Crippen molar-refractivity contribution in [2.45, 2.75) is 25.2 Å². The smallest absolute Gasteiger partial charge is 0.261 e. The number of pyridine rings is 1. The predicted molar refractivity (Wildman–Crippen MR) is 120 cm³/mol. The number of allylic oxidation sites excluding steroid dienone is 1. The van der Waals surface area contributed by atoms with Crippen LogP contribution in [0, 0.1) is 0 Å². The van der Waals surface area contributed by atoms with Crippen molar-refractivity contribution in [2.75, 3.05) is 25.5 Å². The topological polar surface area (TPSA) is 109 Å².